The fourth-order valence-electron chi connectivity index (χ4n) is 0.763. The minimum atomic E-state index is -1.05. The van der Waals surface area contributed by atoms with Crippen molar-refractivity contribution in [2.24, 2.45) is 0 Å². The second-order valence-corrected chi connectivity index (χ2v) is 2.71. The molecule has 14 heavy (non-hydrogen) atoms. The van der Waals surface area contributed by atoms with Gasteiger partial charge in [0.2, 0.25) is 0 Å². The summed E-state index contributed by atoms with van der Waals surface area (Å²) in [5.74, 6) is -0.649. The maximum absolute atomic E-state index is 10.1. The van der Waals surface area contributed by atoms with Crippen molar-refractivity contribution in [1.29, 1.82) is 0 Å². The lowest BCUT2D eigenvalue weighted by atomic mass is 10.3. The molecule has 6 nitrogen and oxygen atoms in total. The first-order chi connectivity index (χ1) is 6.59. The third kappa shape index (κ3) is 2.98. The van der Waals surface area contributed by atoms with Crippen LogP contribution in [0.3, 0.4) is 0 Å². The Bertz CT molecular complexity index is 341. The topological polar surface area (TPSA) is 84.3 Å². The van der Waals surface area contributed by atoms with Gasteiger partial charge in [-0.15, -0.1) is 0 Å². The minimum Gasteiger partial charge on any atom is -0.479 e. The van der Waals surface area contributed by atoms with Crippen LogP contribution in [0.15, 0.2) is 6.20 Å². The second-order valence-electron chi connectivity index (χ2n) is 2.71. The van der Waals surface area contributed by atoms with Crippen LogP contribution < -0.4 is 5.48 Å². The van der Waals surface area contributed by atoms with Gasteiger partial charge in [-0.05, 0) is 13.8 Å². The average Bonchev–Trinajstić information content (AvgIpc) is 2.10. The first kappa shape index (κ1) is 10.4. The molecule has 0 aliphatic carbocycles. The SMILES string of the molecule is Cc1ncc(NOCC(=O)O)nc1C. The summed E-state index contributed by atoms with van der Waals surface area (Å²) < 4.78 is 0. The number of aromatic nitrogens is 2. The molecule has 0 radical (unpaired) electrons. The Balaban J connectivity index is 2.51. The highest BCUT2D eigenvalue weighted by molar-refractivity contribution is 5.68. The first-order valence-electron chi connectivity index (χ1n) is 3.99. The monoisotopic (exact) mass is 197 g/mol. The maximum atomic E-state index is 10.1. The molecule has 0 aromatic carbocycles. The molecule has 0 atom stereocenters. The lowest BCUT2D eigenvalue weighted by Gasteiger charge is -2.05. The number of aliphatic carboxylic acids is 1. The van der Waals surface area contributed by atoms with Gasteiger partial charge in [0.05, 0.1) is 17.6 Å². The van der Waals surface area contributed by atoms with Crippen LogP contribution >= 0.6 is 0 Å². The molecule has 1 aromatic heterocycles. The molecule has 0 fully saturated rings. The Morgan fingerprint density at radius 2 is 2.29 bits per heavy atom. The fourth-order valence-corrected chi connectivity index (χ4v) is 0.763. The van der Waals surface area contributed by atoms with Crippen molar-refractivity contribution in [2.75, 3.05) is 12.1 Å². The normalized spacial score (nSPS) is 9.86. The lowest BCUT2D eigenvalue weighted by Crippen LogP contribution is -2.12. The summed E-state index contributed by atoms with van der Waals surface area (Å²) in [6, 6.07) is 0. The maximum Gasteiger partial charge on any atom is 0.332 e. The Morgan fingerprint density at radius 3 is 2.86 bits per heavy atom. The van der Waals surface area contributed by atoms with Gasteiger partial charge in [-0.25, -0.2) is 15.3 Å². The van der Waals surface area contributed by atoms with Gasteiger partial charge in [0, 0.05) is 0 Å². The number of nitrogens with one attached hydrogen (secondary N) is 1. The smallest absolute Gasteiger partial charge is 0.332 e. The van der Waals surface area contributed by atoms with Crippen LogP contribution in [0.25, 0.3) is 0 Å². The van der Waals surface area contributed by atoms with Crippen molar-refractivity contribution in [3.8, 4) is 0 Å². The molecule has 0 saturated heterocycles. The van der Waals surface area contributed by atoms with Crippen LogP contribution in [-0.2, 0) is 9.63 Å². The number of carboxylic acid groups (broad SMARTS) is 1. The summed E-state index contributed by atoms with van der Waals surface area (Å²) in [7, 11) is 0. The Hall–Kier alpha value is -1.69. The Labute approximate surface area is 80.9 Å². The van der Waals surface area contributed by atoms with E-state index in [1.165, 1.54) is 6.20 Å². The van der Waals surface area contributed by atoms with E-state index in [4.69, 9.17) is 5.11 Å². The summed E-state index contributed by atoms with van der Waals surface area (Å²) in [6.45, 7) is 3.23. The van der Waals surface area contributed by atoms with Crippen LogP contribution in [0, 0.1) is 13.8 Å². The van der Waals surface area contributed by atoms with Gasteiger partial charge in [-0.2, -0.15) is 0 Å². The lowest BCUT2D eigenvalue weighted by molar-refractivity contribution is -0.141. The van der Waals surface area contributed by atoms with Gasteiger partial charge in [-0.3, -0.25) is 9.82 Å². The first-order valence-corrected chi connectivity index (χ1v) is 3.99. The van der Waals surface area contributed by atoms with E-state index in [2.05, 4.69) is 20.3 Å². The summed E-state index contributed by atoms with van der Waals surface area (Å²) in [5.41, 5.74) is 3.99. The average molecular weight is 197 g/mol. The number of aryl methyl sites for hydroxylation is 2. The number of rotatable bonds is 4. The molecule has 0 aliphatic rings. The van der Waals surface area contributed by atoms with E-state index in [1.54, 1.807) is 0 Å². The zero-order valence-corrected chi connectivity index (χ0v) is 7.94. The molecule has 0 saturated carbocycles. The van der Waals surface area contributed by atoms with Crippen molar-refractivity contribution >= 4 is 11.8 Å². The van der Waals surface area contributed by atoms with Crippen LogP contribution in [0.1, 0.15) is 11.4 Å². The quantitative estimate of drug-likeness (QED) is 0.684. The number of hydrogen-bond acceptors (Lipinski definition) is 5. The zero-order valence-electron chi connectivity index (χ0n) is 7.94. The Morgan fingerprint density at radius 1 is 1.57 bits per heavy atom. The predicted molar refractivity (Wildman–Crippen MR) is 48.7 cm³/mol. The molecular weight excluding hydrogens is 186 g/mol. The van der Waals surface area contributed by atoms with E-state index >= 15 is 0 Å². The molecule has 0 amide bonds. The van der Waals surface area contributed by atoms with E-state index in [1.807, 2.05) is 13.8 Å². The number of anilines is 1. The molecule has 6 heteroatoms. The van der Waals surface area contributed by atoms with Gasteiger partial charge in [-0.1, -0.05) is 0 Å². The predicted octanol–water partition coefficient (Wildman–Crippen LogP) is 0.522. The summed E-state index contributed by atoms with van der Waals surface area (Å²) >= 11 is 0. The molecule has 0 unspecified atom stereocenters. The summed E-state index contributed by atoms with van der Waals surface area (Å²) in [4.78, 5) is 22.8. The summed E-state index contributed by atoms with van der Waals surface area (Å²) in [5, 5.41) is 8.29. The number of carbonyl (C=O) groups is 1. The van der Waals surface area contributed by atoms with Crippen molar-refractivity contribution in [2.45, 2.75) is 13.8 Å². The number of carboxylic acids is 1. The van der Waals surface area contributed by atoms with E-state index in [-0.39, 0.29) is 0 Å². The second kappa shape index (κ2) is 4.52. The van der Waals surface area contributed by atoms with Crippen molar-refractivity contribution in [3.63, 3.8) is 0 Å². The molecular formula is C8H11N3O3. The summed E-state index contributed by atoms with van der Waals surface area (Å²) in [6.07, 6.45) is 1.48. The highest BCUT2D eigenvalue weighted by atomic mass is 16.7. The minimum absolute atomic E-state index is 0.398. The third-order valence-electron chi connectivity index (χ3n) is 1.56. The largest absolute Gasteiger partial charge is 0.479 e. The van der Waals surface area contributed by atoms with E-state index in [0.29, 0.717) is 5.82 Å². The highest BCUT2D eigenvalue weighted by Crippen LogP contribution is 2.04. The van der Waals surface area contributed by atoms with Crippen LogP contribution in [0.5, 0.6) is 0 Å². The molecule has 0 spiro atoms. The molecule has 0 bridgehead atoms. The van der Waals surface area contributed by atoms with E-state index < -0.39 is 12.6 Å². The van der Waals surface area contributed by atoms with Crippen molar-refractivity contribution in [1.82, 2.24) is 9.97 Å². The van der Waals surface area contributed by atoms with Crippen LogP contribution in [-0.4, -0.2) is 27.7 Å². The molecule has 1 heterocycles. The van der Waals surface area contributed by atoms with Crippen molar-refractivity contribution < 1.29 is 14.7 Å². The van der Waals surface area contributed by atoms with Crippen molar-refractivity contribution in [3.05, 3.63) is 17.6 Å². The van der Waals surface area contributed by atoms with Gasteiger partial charge in [0.1, 0.15) is 0 Å². The molecule has 0 aliphatic heterocycles. The van der Waals surface area contributed by atoms with E-state index in [0.717, 1.165) is 11.4 Å². The van der Waals surface area contributed by atoms with Crippen LogP contribution in [0.2, 0.25) is 0 Å². The fraction of sp³-hybridized carbons (Fsp3) is 0.375. The van der Waals surface area contributed by atoms with Crippen LogP contribution in [0.4, 0.5) is 5.82 Å². The molecule has 1 rings (SSSR count). The molecule has 2 N–H and O–H groups in total. The van der Waals surface area contributed by atoms with Gasteiger partial charge >= 0.3 is 5.97 Å². The standard InChI is InChI=1S/C8H11N3O3/c1-5-6(2)10-7(3-9-5)11-14-4-8(12)13/h3H,4H2,1-2H3,(H,10,11)(H,12,13). The van der Waals surface area contributed by atoms with Gasteiger partial charge in [0.15, 0.2) is 12.4 Å². The third-order valence-corrected chi connectivity index (χ3v) is 1.56. The number of hydrogen-bond donors (Lipinski definition) is 2. The zero-order chi connectivity index (χ0) is 10.6. The number of nitrogens with zero attached hydrogens (tertiary/aromatic N) is 2. The molecule has 76 valence electrons. The Kier molecular flexibility index (Phi) is 3.35. The van der Waals surface area contributed by atoms with E-state index in [9.17, 15) is 4.79 Å². The molecule has 1 aromatic rings. The van der Waals surface area contributed by atoms with Gasteiger partial charge in [0.25, 0.3) is 0 Å². The van der Waals surface area contributed by atoms with Gasteiger partial charge < -0.3 is 5.11 Å². The highest BCUT2D eigenvalue weighted by Gasteiger charge is 2.00.